The predicted octanol–water partition coefficient (Wildman–Crippen LogP) is -0.116. The van der Waals surface area contributed by atoms with Crippen molar-refractivity contribution in [2.45, 2.75) is 46.8 Å². The van der Waals surface area contributed by atoms with Gasteiger partial charge in [0.05, 0.1) is 6.04 Å². The molecule has 0 unspecified atom stereocenters. The van der Waals surface area contributed by atoms with Crippen molar-refractivity contribution in [1.82, 2.24) is 0 Å². The number of hydrogen-bond donors (Lipinski definition) is 2. The Morgan fingerprint density at radius 1 is 0.947 bits per heavy atom. The van der Waals surface area contributed by atoms with Gasteiger partial charge in [0.15, 0.2) is 0 Å². The van der Waals surface area contributed by atoms with Gasteiger partial charge in [0, 0.05) is 26.9 Å². The van der Waals surface area contributed by atoms with Gasteiger partial charge < -0.3 is 24.7 Å². The Hall–Kier alpha value is -1.45. The first-order valence-corrected chi connectivity index (χ1v) is 7.57. The Morgan fingerprint density at radius 2 is 1.16 bits per heavy atom. The molecule has 8 nitrogen and oxygen atoms in total. The first-order chi connectivity index (χ1) is 8.54. The van der Waals surface area contributed by atoms with Gasteiger partial charge in [-0.25, -0.2) is 0 Å². The summed E-state index contributed by atoms with van der Waals surface area (Å²) in [6, 6.07) is 0.158. The molecule has 0 saturated carbocycles. The first kappa shape index (κ1) is 19.9. The van der Waals surface area contributed by atoms with Crippen LogP contribution in [0.3, 0.4) is 0 Å². The normalized spacial score (nSPS) is 10.1. The minimum absolute atomic E-state index is 0.158. The van der Waals surface area contributed by atoms with Crippen molar-refractivity contribution in [3.05, 3.63) is 0 Å². The van der Waals surface area contributed by atoms with Crippen LogP contribution in [-0.2, 0) is 27.7 Å². The molecule has 0 bridgehead atoms. The number of rotatable bonds is 4. The molecule has 0 amide bonds. The van der Waals surface area contributed by atoms with Crippen LogP contribution < -0.4 is 11.5 Å². The Kier molecular flexibility index (Phi) is 9.91. The second-order valence-electron chi connectivity index (χ2n) is 3.68. The van der Waals surface area contributed by atoms with Crippen LogP contribution in [0.5, 0.6) is 0 Å². The molecule has 112 valence electrons. The smallest absolute Gasteiger partial charge is 0.455 e. The average Bonchev–Trinajstić information content (AvgIpc) is 2.12. The summed E-state index contributed by atoms with van der Waals surface area (Å²) in [7, 11) is -3.51. The molecule has 0 aromatic carbocycles. The van der Waals surface area contributed by atoms with E-state index in [-0.39, 0.29) is 12.2 Å². The Labute approximate surface area is 113 Å². The van der Waals surface area contributed by atoms with E-state index < -0.39 is 26.7 Å². The predicted molar refractivity (Wildman–Crippen MR) is 69.4 cm³/mol. The van der Waals surface area contributed by atoms with Gasteiger partial charge in [-0.2, -0.15) is 0 Å². The maximum absolute atomic E-state index is 10.8. The van der Waals surface area contributed by atoms with Crippen LogP contribution in [0.4, 0.5) is 0 Å². The molecule has 0 atom stereocenters. The molecule has 0 radical (unpaired) electrons. The van der Waals surface area contributed by atoms with E-state index in [1.165, 1.54) is 0 Å². The molecule has 0 aromatic heterocycles. The summed E-state index contributed by atoms with van der Waals surface area (Å²) in [5, 5.41) is 0. The Bertz CT molecular complexity index is 278. The highest BCUT2D eigenvalue weighted by Gasteiger charge is 2.49. The fourth-order valence-corrected chi connectivity index (χ4v) is 2.81. The number of hydrogen-bond acceptors (Lipinski definition) is 8. The third-order valence-corrected chi connectivity index (χ3v) is 3.99. The standard InChI is InChI=1S/C8H14O6Si.C2H8N2/c1-5-15(12-6(2)9,13-7(3)10)14-8(4)11;1-2(3)4/h5H2,1-4H3;2H,3-4H2,1H3. The summed E-state index contributed by atoms with van der Waals surface area (Å²) in [5.74, 6) is -1.94. The van der Waals surface area contributed by atoms with Gasteiger partial charge in [-0.05, 0) is 6.92 Å². The molecule has 0 heterocycles. The van der Waals surface area contributed by atoms with E-state index in [2.05, 4.69) is 0 Å². The molecule has 0 aliphatic rings. The zero-order valence-electron chi connectivity index (χ0n) is 11.9. The van der Waals surface area contributed by atoms with Crippen LogP contribution in [0.25, 0.3) is 0 Å². The Balaban J connectivity index is 0. The molecule has 0 spiro atoms. The number of carbonyl (C=O) groups excluding carboxylic acids is 3. The van der Waals surface area contributed by atoms with Crippen molar-refractivity contribution in [1.29, 1.82) is 0 Å². The van der Waals surface area contributed by atoms with Crippen molar-refractivity contribution < 1.29 is 27.7 Å². The largest absolute Gasteiger partial charge is 0.704 e. The van der Waals surface area contributed by atoms with Crippen LogP contribution in [-0.4, -0.2) is 32.9 Å². The van der Waals surface area contributed by atoms with E-state index in [0.29, 0.717) is 0 Å². The Morgan fingerprint density at radius 3 is 1.26 bits per heavy atom. The number of nitrogens with two attached hydrogens (primary N) is 2. The molecule has 0 aliphatic heterocycles. The fraction of sp³-hybridized carbons (Fsp3) is 0.700. The highest BCUT2D eigenvalue weighted by Crippen LogP contribution is 2.16. The molecule has 4 N–H and O–H groups in total. The van der Waals surface area contributed by atoms with Gasteiger partial charge in [-0.3, -0.25) is 14.4 Å². The zero-order valence-corrected chi connectivity index (χ0v) is 12.9. The SMILES string of the molecule is CC(N)N.CC[Si](OC(C)=O)(OC(C)=O)OC(C)=O. The van der Waals surface area contributed by atoms with E-state index in [4.69, 9.17) is 24.7 Å². The highest BCUT2D eigenvalue weighted by atomic mass is 28.4. The van der Waals surface area contributed by atoms with E-state index in [0.717, 1.165) is 20.8 Å². The van der Waals surface area contributed by atoms with Crippen LogP contribution in [0, 0.1) is 0 Å². The third-order valence-electron chi connectivity index (χ3n) is 1.33. The van der Waals surface area contributed by atoms with Crippen molar-refractivity contribution in [3.8, 4) is 0 Å². The average molecular weight is 294 g/mol. The summed E-state index contributed by atoms with van der Waals surface area (Å²) in [4.78, 5) is 32.4. The lowest BCUT2D eigenvalue weighted by Gasteiger charge is -2.24. The van der Waals surface area contributed by atoms with E-state index >= 15 is 0 Å². The van der Waals surface area contributed by atoms with Crippen molar-refractivity contribution in [2.75, 3.05) is 0 Å². The molecule has 0 rings (SSSR count). The second kappa shape index (κ2) is 9.47. The molecule has 0 aliphatic carbocycles. The van der Waals surface area contributed by atoms with Crippen LogP contribution in [0.2, 0.25) is 6.04 Å². The van der Waals surface area contributed by atoms with Crippen LogP contribution >= 0.6 is 0 Å². The minimum Gasteiger partial charge on any atom is -0.455 e. The number of carbonyl (C=O) groups is 3. The molecule has 19 heavy (non-hydrogen) atoms. The van der Waals surface area contributed by atoms with Gasteiger partial charge in [0.2, 0.25) is 0 Å². The zero-order chi connectivity index (χ0) is 15.6. The molecule has 9 heteroatoms. The maximum atomic E-state index is 10.8. The van der Waals surface area contributed by atoms with Crippen LogP contribution in [0.15, 0.2) is 0 Å². The molecular formula is C10H22N2O6Si. The van der Waals surface area contributed by atoms with Gasteiger partial charge in [0.25, 0.3) is 17.9 Å². The summed E-state index contributed by atoms with van der Waals surface area (Å²) in [5.41, 5.74) is 9.78. The maximum Gasteiger partial charge on any atom is 0.704 e. The first-order valence-electron chi connectivity index (χ1n) is 5.64. The molecule has 0 fully saturated rings. The van der Waals surface area contributed by atoms with E-state index in [9.17, 15) is 14.4 Å². The highest BCUT2D eigenvalue weighted by molar-refractivity contribution is 6.65. The summed E-state index contributed by atoms with van der Waals surface area (Å²) < 4.78 is 14.5. The van der Waals surface area contributed by atoms with E-state index in [1.807, 2.05) is 0 Å². The summed E-state index contributed by atoms with van der Waals surface area (Å²) in [6.07, 6.45) is -0.167. The molecule has 0 aromatic rings. The topological polar surface area (TPSA) is 131 Å². The summed E-state index contributed by atoms with van der Waals surface area (Å²) in [6.45, 7) is 6.81. The molecule has 0 saturated heterocycles. The van der Waals surface area contributed by atoms with Crippen molar-refractivity contribution in [2.24, 2.45) is 11.5 Å². The lowest BCUT2D eigenvalue weighted by molar-refractivity contribution is -0.147. The second-order valence-corrected chi connectivity index (χ2v) is 6.36. The van der Waals surface area contributed by atoms with Crippen LogP contribution in [0.1, 0.15) is 34.6 Å². The van der Waals surface area contributed by atoms with Gasteiger partial charge >= 0.3 is 8.80 Å². The monoisotopic (exact) mass is 294 g/mol. The summed E-state index contributed by atoms with van der Waals surface area (Å²) >= 11 is 0. The van der Waals surface area contributed by atoms with Crippen molar-refractivity contribution in [3.63, 3.8) is 0 Å². The lowest BCUT2D eigenvalue weighted by Crippen LogP contribution is -2.48. The quantitative estimate of drug-likeness (QED) is 0.542. The van der Waals surface area contributed by atoms with Crippen molar-refractivity contribution >= 4 is 26.7 Å². The lowest BCUT2D eigenvalue weighted by atomic mass is 10.7. The molecular weight excluding hydrogens is 272 g/mol. The minimum atomic E-state index is -3.51. The van der Waals surface area contributed by atoms with E-state index in [1.54, 1.807) is 13.8 Å². The third kappa shape index (κ3) is 12.8. The van der Waals surface area contributed by atoms with Gasteiger partial charge in [-0.1, -0.05) is 6.92 Å². The van der Waals surface area contributed by atoms with Gasteiger partial charge in [-0.15, -0.1) is 0 Å². The fourth-order valence-electron chi connectivity index (χ4n) is 0.936. The van der Waals surface area contributed by atoms with Gasteiger partial charge in [0.1, 0.15) is 0 Å².